The topological polar surface area (TPSA) is 42.8 Å². The average Bonchev–Trinajstić information content (AvgIpc) is 2.65. The van der Waals surface area contributed by atoms with E-state index in [1.54, 1.807) is 6.20 Å². The van der Waals surface area contributed by atoms with Crippen molar-refractivity contribution in [1.29, 1.82) is 0 Å². The molecule has 3 heterocycles. The summed E-state index contributed by atoms with van der Waals surface area (Å²) in [5, 5.41) is 0.612. The van der Waals surface area contributed by atoms with Crippen LogP contribution in [0.15, 0.2) is 12.3 Å². The number of H-pyrrole nitrogens is 1. The zero-order chi connectivity index (χ0) is 11.8. The van der Waals surface area contributed by atoms with Crippen LogP contribution in [0, 0.1) is 4.77 Å². The molecular weight excluding hydrogens is 258 g/mol. The summed E-state index contributed by atoms with van der Waals surface area (Å²) >= 11 is 11.3. The number of aromatic nitrogens is 3. The Balaban J connectivity index is 2.14. The van der Waals surface area contributed by atoms with Crippen LogP contribution in [0.5, 0.6) is 0 Å². The van der Waals surface area contributed by atoms with Gasteiger partial charge in [-0.05, 0) is 31.1 Å². The lowest BCUT2D eigenvalue weighted by atomic mass is 10.1. The predicted octanol–water partition coefficient (Wildman–Crippen LogP) is 3.10. The number of imidazole rings is 1. The molecule has 0 aromatic carbocycles. The van der Waals surface area contributed by atoms with Crippen LogP contribution in [-0.2, 0) is 4.74 Å². The van der Waals surface area contributed by atoms with E-state index in [0.29, 0.717) is 16.4 Å². The Kier molecular flexibility index (Phi) is 2.90. The largest absolute Gasteiger partial charge is 0.379 e. The fraction of sp³-hybridized carbons (Fsp3) is 0.455. The molecule has 1 saturated heterocycles. The molecular formula is C11H12ClN3OS. The maximum atomic E-state index is 5.92. The summed E-state index contributed by atoms with van der Waals surface area (Å²) in [6.45, 7) is 1.54. The number of rotatable bonds is 1. The molecule has 0 amide bonds. The number of hydrogen-bond donors (Lipinski definition) is 1. The van der Waals surface area contributed by atoms with E-state index in [2.05, 4.69) is 9.97 Å². The summed E-state index contributed by atoms with van der Waals surface area (Å²) in [5.41, 5.74) is 1.74. The summed E-state index contributed by atoms with van der Waals surface area (Å²) in [4.78, 5) is 7.49. The lowest BCUT2D eigenvalue weighted by Gasteiger charge is -2.23. The van der Waals surface area contributed by atoms with Crippen molar-refractivity contribution < 1.29 is 4.74 Å². The fourth-order valence-corrected chi connectivity index (χ4v) is 2.76. The van der Waals surface area contributed by atoms with Gasteiger partial charge in [0, 0.05) is 12.8 Å². The smallest absolute Gasteiger partial charge is 0.179 e. The van der Waals surface area contributed by atoms with Crippen LogP contribution in [0.25, 0.3) is 11.2 Å². The summed E-state index contributed by atoms with van der Waals surface area (Å²) in [6.07, 6.45) is 3.78. The van der Waals surface area contributed by atoms with Gasteiger partial charge in [0.1, 0.15) is 0 Å². The second-order valence-electron chi connectivity index (χ2n) is 4.20. The predicted molar refractivity (Wildman–Crippen MR) is 69.0 cm³/mol. The minimum absolute atomic E-state index is 0.277. The van der Waals surface area contributed by atoms with Crippen molar-refractivity contribution in [2.24, 2.45) is 0 Å². The van der Waals surface area contributed by atoms with Crippen LogP contribution in [-0.4, -0.2) is 27.7 Å². The van der Waals surface area contributed by atoms with E-state index < -0.39 is 0 Å². The quantitative estimate of drug-likeness (QED) is 0.809. The molecule has 17 heavy (non-hydrogen) atoms. The summed E-state index contributed by atoms with van der Waals surface area (Å²) in [7, 11) is 0. The van der Waals surface area contributed by atoms with Gasteiger partial charge in [0.15, 0.2) is 10.4 Å². The Morgan fingerprint density at radius 3 is 3.24 bits per heavy atom. The van der Waals surface area contributed by atoms with Crippen molar-refractivity contribution >= 4 is 35.0 Å². The zero-order valence-electron chi connectivity index (χ0n) is 9.15. The van der Waals surface area contributed by atoms with Crippen molar-refractivity contribution in [2.75, 3.05) is 13.2 Å². The SMILES string of the molecule is S=c1[nH]c2cc(Cl)cnc2n1C1CCCOC1. The molecule has 1 atom stereocenters. The van der Waals surface area contributed by atoms with Gasteiger partial charge in [-0.2, -0.15) is 0 Å². The first-order valence-electron chi connectivity index (χ1n) is 5.59. The summed E-state index contributed by atoms with van der Waals surface area (Å²) < 4.78 is 8.23. The zero-order valence-corrected chi connectivity index (χ0v) is 10.7. The third-order valence-electron chi connectivity index (χ3n) is 3.02. The number of halogens is 1. The van der Waals surface area contributed by atoms with Crippen molar-refractivity contribution in [3.63, 3.8) is 0 Å². The van der Waals surface area contributed by atoms with Gasteiger partial charge in [-0.15, -0.1) is 0 Å². The molecule has 4 nitrogen and oxygen atoms in total. The van der Waals surface area contributed by atoms with Crippen molar-refractivity contribution in [3.8, 4) is 0 Å². The van der Waals surface area contributed by atoms with E-state index in [9.17, 15) is 0 Å². The van der Waals surface area contributed by atoms with Crippen molar-refractivity contribution in [1.82, 2.24) is 14.5 Å². The molecule has 3 rings (SSSR count). The van der Waals surface area contributed by atoms with Crippen LogP contribution >= 0.6 is 23.8 Å². The van der Waals surface area contributed by atoms with Crippen LogP contribution in [0.1, 0.15) is 18.9 Å². The Labute approximate surface area is 109 Å². The van der Waals surface area contributed by atoms with Gasteiger partial charge < -0.3 is 9.72 Å². The monoisotopic (exact) mass is 269 g/mol. The normalized spacial score (nSPS) is 20.9. The van der Waals surface area contributed by atoms with Crippen LogP contribution in [0.4, 0.5) is 0 Å². The second kappa shape index (κ2) is 4.40. The summed E-state index contributed by atoms with van der Waals surface area (Å²) in [5.74, 6) is 0. The number of ether oxygens (including phenoxy) is 1. The minimum atomic E-state index is 0.277. The number of aromatic amines is 1. The lowest BCUT2D eigenvalue weighted by Crippen LogP contribution is -2.21. The Morgan fingerprint density at radius 1 is 1.59 bits per heavy atom. The van der Waals surface area contributed by atoms with Gasteiger partial charge in [0.25, 0.3) is 0 Å². The first-order chi connectivity index (χ1) is 8.25. The third-order valence-corrected chi connectivity index (χ3v) is 3.53. The maximum Gasteiger partial charge on any atom is 0.179 e. The third kappa shape index (κ3) is 1.99. The molecule has 0 radical (unpaired) electrons. The molecule has 2 aromatic rings. The van der Waals surface area contributed by atoms with Gasteiger partial charge in [0.2, 0.25) is 0 Å². The van der Waals surface area contributed by atoms with E-state index in [4.69, 9.17) is 28.6 Å². The molecule has 0 aliphatic carbocycles. The molecule has 0 saturated carbocycles. The van der Waals surface area contributed by atoms with Gasteiger partial charge in [-0.25, -0.2) is 4.98 Å². The standard InChI is InChI=1S/C11H12ClN3OS/c12-7-4-9-10(13-5-7)15(11(17)14-9)8-2-1-3-16-6-8/h4-5,8H,1-3,6H2,(H,14,17). The summed E-state index contributed by atoms with van der Waals surface area (Å²) in [6, 6.07) is 2.12. The van der Waals surface area contributed by atoms with E-state index in [-0.39, 0.29) is 6.04 Å². The van der Waals surface area contributed by atoms with Crippen LogP contribution in [0.2, 0.25) is 5.02 Å². The highest BCUT2D eigenvalue weighted by molar-refractivity contribution is 7.71. The molecule has 2 aromatic heterocycles. The van der Waals surface area contributed by atoms with E-state index in [0.717, 1.165) is 30.6 Å². The molecule has 1 N–H and O–H groups in total. The fourth-order valence-electron chi connectivity index (χ4n) is 2.25. The molecule has 1 aliphatic rings. The Bertz CT molecular complexity index is 600. The second-order valence-corrected chi connectivity index (χ2v) is 5.02. The molecule has 90 valence electrons. The molecule has 6 heteroatoms. The minimum Gasteiger partial charge on any atom is -0.379 e. The van der Waals surface area contributed by atoms with Crippen molar-refractivity contribution in [3.05, 3.63) is 22.1 Å². The first-order valence-corrected chi connectivity index (χ1v) is 6.38. The van der Waals surface area contributed by atoms with Crippen LogP contribution in [0.3, 0.4) is 0 Å². The number of fused-ring (bicyclic) bond motifs is 1. The van der Waals surface area contributed by atoms with Gasteiger partial charge in [-0.3, -0.25) is 4.57 Å². The van der Waals surface area contributed by atoms with Crippen molar-refractivity contribution in [2.45, 2.75) is 18.9 Å². The molecule has 0 bridgehead atoms. The number of hydrogen-bond acceptors (Lipinski definition) is 3. The Morgan fingerprint density at radius 2 is 2.47 bits per heavy atom. The van der Waals surface area contributed by atoms with E-state index in [1.165, 1.54) is 0 Å². The molecule has 1 aliphatic heterocycles. The number of nitrogens with zero attached hydrogens (tertiary/aromatic N) is 2. The highest BCUT2D eigenvalue weighted by Crippen LogP contribution is 2.25. The number of nitrogens with one attached hydrogen (secondary N) is 1. The lowest BCUT2D eigenvalue weighted by molar-refractivity contribution is 0.0599. The highest BCUT2D eigenvalue weighted by Gasteiger charge is 2.19. The first kappa shape index (κ1) is 11.2. The van der Waals surface area contributed by atoms with Gasteiger partial charge >= 0.3 is 0 Å². The van der Waals surface area contributed by atoms with Gasteiger partial charge in [0.05, 0.1) is 23.2 Å². The Hall–Kier alpha value is -0.910. The maximum absolute atomic E-state index is 5.92. The number of pyridine rings is 1. The molecule has 1 fully saturated rings. The molecule has 1 unspecified atom stereocenters. The van der Waals surface area contributed by atoms with Crippen LogP contribution < -0.4 is 0 Å². The highest BCUT2D eigenvalue weighted by atomic mass is 35.5. The van der Waals surface area contributed by atoms with E-state index >= 15 is 0 Å². The average molecular weight is 270 g/mol. The molecule has 0 spiro atoms. The van der Waals surface area contributed by atoms with Gasteiger partial charge in [-0.1, -0.05) is 11.6 Å². The van der Waals surface area contributed by atoms with E-state index in [1.807, 2.05) is 10.6 Å².